The van der Waals surface area contributed by atoms with Crippen molar-refractivity contribution in [3.63, 3.8) is 0 Å². The van der Waals surface area contributed by atoms with Crippen LogP contribution in [-0.2, 0) is 0 Å². The van der Waals surface area contributed by atoms with Crippen LogP contribution in [0.4, 0.5) is 0 Å². The second-order valence-corrected chi connectivity index (χ2v) is 6.81. The van der Waals surface area contributed by atoms with Gasteiger partial charge in [-0.25, -0.2) is 0 Å². The van der Waals surface area contributed by atoms with E-state index in [4.69, 9.17) is 23.2 Å². The Kier molecular flexibility index (Phi) is 3.26. The molecule has 0 saturated heterocycles. The molecule has 0 bridgehead atoms. The Balaban J connectivity index is 1.97. The van der Waals surface area contributed by atoms with Crippen LogP contribution in [0, 0.1) is 0 Å². The van der Waals surface area contributed by atoms with Crippen molar-refractivity contribution in [3.05, 3.63) is 69.8 Å². The lowest BCUT2D eigenvalue weighted by Gasteiger charge is -2.19. The lowest BCUT2D eigenvalue weighted by molar-refractivity contribution is 1.36. The number of rotatable bonds is 1. The van der Waals surface area contributed by atoms with Crippen molar-refractivity contribution >= 4 is 51.4 Å². The van der Waals surface area contributed by atoms with Gasteiger partial charge in [0, 0.05) is 38.3 Å². The fourth-order valence-corrected chi connectivity index (χ4v) is 4.37. The van der Waals surface area contributed by atoms with E-state index in [-0.39, 0.29) is 0 Å². The molecule has 1 nitrogen and oxygen atoms in total. The number of thioether (sulfide) groups is 1. The van der Waals surface area contributed by atoms with Gasteiger partial charge in [-0.15, -0.1) is 11.8 Å². The zero-order chi connectivity index (χ0) is 14.4. The van der Waals surface area contributed by atoms with E-state index in [0.29, 0.717) is 5.02 Å². The number of fused-ring (bicyclic) bond motifs is 2. The molecule has 4 heteroatoms. The summed E-state index contributed by atoms with van der Waals surface area (Å²) in [7, 11) is 0. The molecule has 0 saturated carbocycles. The molecule has 2 heterocycles. The summed E-state index contributed by atoms with van der Waals surface area (Å²) in [5, 5.41) is 2.62. The van der Waals surface area contributed by atoms with Crippen molar-refractivity contribution in [2.45, 2.75) is 4.90 Å². The van der Waals surface area contributed by atoms with Crippen LogP contribution < -0.4 is 0 Å². The Morgan fingerprint density at radius 2 is 1.90 bits per heavy atom. The third kappa shape index (κ3) is 2.18. The van der Waals surface area contributed by atoms with Crippen molar-refractivity contribution in [2.75, 3.05) is 5.75 Å². The number of hydrogen-bond acceptors (Lipinski definition) is 1. The summed E-state index contributed by atoms with van der Waals surface area (Å²) in [5.74, 6) is 0.920. The number of nitrogens with one attached hydrogen (secondary N) is 1. The van der Waals surface area contributed by atoms with E-state index < -0.39 is 0 Å². The Hall–Kier alpha value is -1.35. The number of aromatic nitrogens is 1. The first-order valence-corrected chi connectivity index (χ1v) is 8.37. The van der Waals surface area contributed by atoms with Gasteiger partial charge in [-0.05, 0) is 29.3 Å². The first kappa shape index (κ1) is 13.3. The molecule has 0 spiro atoms. The van der Waals surface area contributed by atoms with Crippen LogP contribution in [0.1, 0.15) is 11.1 Å². The molecular formula is C17H11Cl2NS. The van der Waals surface area contributed by atoms with Gasteiger partial charge in [0.25, 0.3) is 0 Å². The molecule has 0 aliphatic carbocycles. The van der Waals surface area contributed by atoms with Crippen LogP contribution in [0.25, 0.3) is 16.5 Å². The SMILES string of the molecule is Clc1cc(Cl)c2c(c1)C(c1c[nH]c3ccccc13)=CCS2. The molecule has 1 aliphatic heterocycles. The van der Waals surface area contributed by atoms with Crippen LogP contribution in [-0.4, -0.2) is 10.7 Å². The second-order valence-electron chi connectivity index (χ2n) is 4.94. The number of halogens is 2. The molecule has 0 radical (unpaired) electrons. The zero-order valence-electron chi connectivity index (χ0n) is 11.0. The van der Waals surface area contributed by atoms with Gasteiger partial charge in [0.2, 0.25) is 0 Å². The Bertz CT molecular complexity index is 880. The van der Waals surface area contributed by atoms with Gasteiger partial charge in [0.1, 0.15) is 0 Å². The minimum absolute atomic E-state index is 0.673. The number of aromatic amines is 1. The minimum Gasteiger partial charge on any atom is -0.361 e. The first-order valence-electron chi connectivity index (χ1n) is 6.63. The van der Waals surface area contributed by atoms with Crippen LogP contribution in [0.3, 0.4) is 0 Å². The average molecular weight is 332 g/mol. The van der Waals surface area contributed by atoms with Crippen LogP contribution in [0.5, 0.6) is 0 Å². The number of H-pyrrole nitrogens is 1. The van der Waals surface area contributed by atoms with Crippen molar-refractivity contribution in [2.24, 2.45) is 0 Å². The van der Waals surface area contributed by atoms with Crippen molar-refractivity contribution in [1.29, 1.82) is 0 Å². The van der Waals surface area contributed by atoms with E-state index in [1.54, 1.807) is 11.8 Å². The molecule has 0 fully saturated rings. The lowest BCUT2D eigenvalue weighted by atomic mass is 9.97. The normalized spacial score (nSPS) is 14.1. The van der Waals surface area contributed by atoms with Gasteiger partial charge in [-0.2, -0.15) is 0 Å². The van der Waals surface area contributed by atoms with Crippen LogP contribution in [0.15, 0.2) is 53.6 Å². The first-order chi connectivity index (χ1) is 10.2. The molecule has 0 unspecified atom stereocenters. The minimum atomic E-state index is 0.673. The average Bonchev–Trinajstić information content (AvgIpc) is 2.90. The summed E-state index contributed by atoms with van der Waals surface area (Å²) < 4.78 is 0. The summed E-state index contributed by atoms with van der Waals surface area (Å²) in [6.07, 6.45) is 4.31. The predicted molar refractivity (Wildman–Crippen MR) is 92.6 cm³/mol. The zero-order valence-corrected chi connectivity index (χ0v) is 13.3. The number of para-hydroxylation sites is 1. The van der Waals surface area contributed by atoms with Gasteiger partial charge < -0.3 is 4.98 Å². The largest absolute Gasteiger partial charge is 0.361 e. The van der Waals surface area contributed by atoms with Crippen molar-refractivity contribution in [1.82, 2.24) is 4.98 Å². The van der Waals surface area contributed by atoms with E-state index in [9.17, 15) is 0 Å². The number of benzene rings is 2. The molecule has 1 aromatic heterocycles. The van der Waals surface area contributed by atoms with Gasteiger partial charge >= 0.3 is 0 Å². The highest BCUT2D eigenvalue weighted by Gasteiger charge is 2.20. The van der Waals surface area contributed by atoms with Gasteiger partial charge in [0.15, 0.2) is 0 Å². The molecule has 0 amide bonds. The fraction of sp³-hybridized carbons (Fsp3) is 0.0588. The Morgan fingerprint density at radius 1 is 1.05 bits per heavy atom. The maximum atomic E-state index is 6.35. The molecule has 1 N–H and O–H groups in total. The van der Waals surface area contributed by atoms with Crippen molar-refractivity contribution < 1.29 is 0 Å². The van der Waals surface area contributed by atoms with Gasteiger partial charge in [0.05, 0.1) is 5.02 Å². The van der Waals surface area contributed by atoms with Gasteiger partial charge in [-0.1, -0.05) is 47.5 Å². The molecule has 21 heavy (non-hydrogen) atoms. The molecule has 2 aromatic carbocycles. The van der Waals surface area contributed by atoms with E-state index in [1.165, 1.54) is 16.5 Å². The maximum absolute atomic E-state index is 6.35. The Morgan fingerprint density at radius 3 is 2.81 bits per heavy atom. The third-order valence-electron chi connectivity index (χ3n) is 3.69. The monoisotopic (exact) mass is 331 g/mol. The van der Waals surface area contributed by atoms with E-state index in [1.807, 2.05) is 18.2 Å². The topological polar surface area (TPSA) is 15.8 Å². The molecule has 1 aliphatic rings. The molecule has 104 valence electrons. The summed E-state index contributed by atoms with van der Waals surface area (Å²) in [6, 6.07) is 12.1. The number of hydrogen-bond donors (Lipinski definition) is 1. The molecule has 3 aromatic rings. The van der Waals surface area contributed by atoms with E-state index in [0.717, 1.165) is 26.8 Å². The summed E-state index contributed by atoms with van der Waals surface area (Å²) in [5.41, 5.74) is 4.66. The smallest absolute Gasteiger partial charge is 0.0563 e. The fourth-order valence-electron chi connectivity index (χ4n) is 2.77. The molecule has 4 rings (SSSR count). The highest BCUT2D eigenvalue weighted by molar-refractivity contribution is 7.99. The van der Waals surface area contributed by atoms with Crippen LogP contribution in [0.2, 0.25) is 10.0 Å². The summed E-state index contributed by atoms with van der Waals surface area (Å²) in [6.45, 7) is 0. The second kappa shape index (κ2) is 5.13. The lowest BCUT2D eigenvalue weighted by Crippen LogP contribution is -1.97. The molecule has 0 atom stereocenters. The molecular weight excluding hydrogens is 321 g/mol. The van der Waals surface area contributed by atoms with E-state index in [2.05, 4.69) is 35.5 Å². The summed E-state index contributed by atoms with van der Waals surface area (Å²) in [4.78, 5) is 4.45. The van der Waals surface area contributed by atoms with Gasteiger partial charge in [-0.3, -0.25) is 0 Å². The van der Waals surface area contributed by atoms with Crippen LogP contribution >= 0.6 is 35.0 Å². The highest BCUT2D eigenvalue weighted by Crippen LogP contribution is 2.43. The van der Waals surface area contributed by atoms with Crippen molar-refractivity contribution in [3.8, 4) is 0 Å². The predicted octanol–water partition coefficient (Wildman–Crippen LogP) is 6.01. The Labute approximate surface area is 137 Å². The third-order valence-corrected chi connectivity index (χ3v) is 5.38. The maximum Gasteiger partial charge on any atom is 0.0563 e. The standard InChI is InChI=1S/C17H11Cl2NS/c18-10-7-13-11(5-6-21-17(13)15(19)8-10)14-9-20-16-4-2-1-3-12(14)16/h1-5,7-9,20H,6H2. The van der Waals surface area contributed by atoms with E-state index >= 15 is 0 Å². The summed E-state index contributed by atoms with van der Waals surface area (Å²) >= 11 is 14.3. The quantitative estimate of drug-likeness (QED) is 0.577. The highest BCUT2D eigenvalue weighted by atomic mass is 35.5.